The Hall–Kier alpha value is -2.05. The van der Waals surface area contributed by atoms with Crippen LogP contribution in [0.2, 0.25) is 0 Å². The molecular formula is C18H19NO4S. The maximum absolute atomic E-state index is 13.1. The highest BCUT2D eigenvalue weighted by Crippen LogP contribution is 2.41. The van der Waals surface area contributed by atoms with E-state index in [0.29, 0.717) is 42.4 Å². The summed E-state index contributed by atoms with van der Waals surface area (Å²) < 4.78 is 37.9. The molecule has 4 rings (SSSR count). The third-order valence-electron chi connectivity index (χ3n) is 4.53. The molecule has 0 amide bonds. The predicted molar refractivity (Wildman–Crippen MR) is 91.0 cm³/mol. The lowest BCUT2D eigenvalue weighted by Gasteiger charge is -2.24. The summed E-state index contributed by atoms with van der Waals surface area (Å²) in [5, 5.41) is -0.150. The van der Waals surface area contributed by atoms with E-state index in [1.54, 1.807) is 6.07 Å². The molecule has 1 N–H and O–H groups in total. The third kappa shape index (κ3) is 2.65. The van der Waals surface area contributed by atoms with Gasteiger partial charge in [0.05, 0.1) is 15.0 Å². The van der Waals surface area contributed by atoms with Gasteiger partial charge in [-0.3, -0.25) is 0 Å². The largest absolute Gasteiger partial charge is 0.454 e. The van der Waals surface area contributed by atoms with Crippen LogP contribution in [0.1, 0.15) is 12.8 Å². The number of para-hydroxylation sites is 1. The minimum Gasteiger partial charge on any atom is -0.454 e. The Bertz CT molecular complexity index is 857. The maximum atomic E-state index is 13.1. The first-order valence-electron chi connectivity index (χ1n) is 8.01. The van der Waals surface area contributed by atoms with Gasteiger partial charge < -0.3 is 14.2 Å². The SMILES string of the molecule is N=S(=O)(c1cccc(-c2cccc3c2OCO3)c1)C1CCOCC1. The molecule has 5 nitrogen and oxygen atoms in total. The second-order valence-corrected chi connectivity index (χ2v) is 8.32. The zero-order valence-electron chi connectivity index (χ0n) is 13.2. The van der Waals surface area contributed by atoms with Crippen molar-refractivity contribution in [2.24, 2.45) is 0 Å². The topological polar surface area (TPSA) is 68.6 Å². The van der Waals surface area contributed by atoms with Gasteiger partial charge in [0.15, 0.2) is 11.5 Å². The average molecular weight is 345 g/mol. The molecule has 0 aromatic heterocycles. The highest BCUT2D eigenvalue weighted by atomic mass is 32.2. The number of fused-ring (bicyclic) bond motifs is 1. The Morgan fingerprint density at radius 1 is 1.04 bits per heavy atom. The molecule has 126 valence electrons. The fourth-order valence-corrected chi connectivity index (χ4v) is 5.03. The van der Waals surface area contributed by atoms with Crippen LogP contribution in [-0.2, 0) is 14.5 Å². The van der Waals surface area contributed by atoms with E-state index >= 15 is 0 Å². The highest BCUT2D eigenvalue weighted by molar-refractivity contribution is 7.93. The van der Waals surface area contributed by atoms with Gasteiger partial charge in [0, 0.05) is 23.7 Å². The Kier molecular flexibility index (Phi) is 3.94. The molecule has 1 fully saturated rings. The number of hydrogen-bond acceptors (Lipinski definition) is 5. The first-order chi connectivity index (χ1) is 11.7. The summed E-state index contributed by atoms with van der Waals surface area (Å²) in [6.45, 7) is 1.37. The van der Waals surface area contributed by atoms with Crippen LogP contribution in [0.25, 0.3) is 11.1 Å². The van der Waals surface area contributed by atoms with Crippen molar-refractivity contribution in [3.8, 4) is 22.6 Å². The van der Waals surface area contributed by atoms with E-state index in [0.717, 1.165) is 11.1 Å². The van der Waals surface area contributed by atoms with Crippen molar-refractivity contribution in [2.45, 2.75) is 23.0 Å². The van der Waals surface area contributed by atoms with Crippen molar-refractivity contribution in [2.75, 3.05) is 20.0 Å². The molecule has 2 aliphatic rings. The lowest BCUT2D eigenvalue weighted by molar-refractivity contribution is 0.0989. The summed E-state index contributed by atoms with van der Waals surface area (Å²) in [7, 11) is -2.86. The molecule has 1 atom stereocenters. The summed E-state index contributed by atoms with van der Waals surface area (Å²) in [6.07, 6.45) is 1.34. The summed E-state index contributed by atoms with van der Waals surface area (Å²) in [4.78, 5) is 0.573. The van der Waals surface area contributed by atoms with Gasteiger partial charge >= 0.3 is 0 Å². The monoisotopic (exact) mass is 345 g/mol. The maximum Gasteiger partial charge on any atom is 0.231 e. The molecule has 1 saturated heterocycles. The van der Waals surface area contributed by atoms with Gasteiger partial charge in [-0.05, 0) is 36.6 Å². The predicted octanol–water partition coefficient (Wildman–Crippen LogP) is 3.67. The molecule has 2 aromatic rings. The molecule has 0 spiro atoms. The Labute approximate surface area is 141 Å². The minimum absolute atomic E-state index is 0.150. The summed E-state index contributed by atoms with van der Waals surface area (Å²) >= 11 is 0. The first-order valence-corrected chi connectivity index (χ1v) is 9.63. The van der Waals surface area contributed by atoms with Crippen LogP contribution in [0.15, 0.2) is 47.4 Å². The number of nitrogens with one attached hydrogen (secondary N) is 1. The van der Waals surface area contributed by atoms with Gasteiger partial charge in [-0.25, -0.2) is 8.99 Å². The fraction of sp³-hybridized carbons (Fsp3) is 0.333. The van der Waals surface area contributed by atoms with Crippen LogP contribution in [0.4, 0.5) is 0 Å². The van der Waals surface area contributed by atoms with Gasteiger partial charge in [0.1, 0.15) is 0 Å². The van der Waals surface area contributed by atoms with E-state index in [4.69, 9.17) is 19.0 Å². The van der Waals surface area contributed by atoms with Crippen molar-refractivity contribution >= 4 is 9.73 Å². The second-order valence-electron chi connectivity index (χ2n) is 5.98. The van der Waals surface area contributed by atoms with Gasteiger partial charge in [-0.2, -0.15) is 0 Å². The molecule has 0 radical (unpaired) electrons. The quantitative estimate of drug-likeness (QED) is 0.921. The first kappa shape index (κ1) is 15.5. The number of ether oxygens (including phenoxy) is 3. The van der Waals surface area contributed by atoms with E-state index in [-0.39, 0.29) is 12.0 Å². The van der Waals surface area contributed by atoms with Gasteiger partial charge in [0.2, 0.25) is 6.79 Å². The lowest BCUT2D eigenvalue weighted by Crippen LogP contribution is -2.28. The lowest BCUT2D eigenvalue weighted by atomic mass is 10.0. The van der Waals surface area contributed by atoms with Gasteiger partial charge in [-0.15, -0.1) is 0 Å². The Balaban J connectivity index is 1.73. The average Bonchev–Trinajstić information content (AvgIpc) is 3.11. The van der Waals surface area contributed by atoms with Crippen LogP contribution >= 0.6 is 0 Å². The van der Waals surface area contributed by atoms with Crippen molar-refractivity contribution < 1.29 is 18.4 Å². The van der Waals surface area contributed by atoms with E-state index in [1.165, 1.54) is 0 Å². The fourth-order valence-electron chi connectivity index (χ4n) is 3.21. The van der Waals surface area contributed by atoms with Gasteiger partial charge in [0.25, 0.3) is 0 Å². The molecule has 6 heteroatoms. The van der Waals surface area contributed by atoms with Crippen LogP contribution in [0, 0.1) is 4.78 Å². The van der Waals surface area contributed by atoms with E-state index in [9.17, 15) is 4.21 Å². The van der Waals surface area contributed by atoms with Crippen molar-refractivity contribution in [1.82, 2.24) is 0 Å². The van der Waals surface area contributed by atoms with E-state index in [1.807, 2.05) is 36.4 Å². The molecule has 0 bridgehead atoms. The Morgan fingerprint density at radius 2 is 1.83 bits per heavy atom. The summed E-state index contributed by atoms with van der Waals surface area (Å²) in [5.74, 6) is 1.42. The third-order valence-corrected chi connectivity index (χ3v) is 6.89. The van der Waals surface area contributed by atoms with E-state index < -0.39 is 9.73 Å². The van der Waals surface area contributed by atoms with Crippen LogP contribution in [-0.4, -0.2) is 29.5 Å². The molecule has 24 heavy (non-hydrogen) atoms. The van der Waals surface area contributed by atoms with Crippen LogP contribution < -0.4 is 9.47 Å². The minimum atomic E-state index is -2.86. The second kappa shape index (κ2) is 6.11. The van der Waals surface area contributed by atoms with Gasteiger partial charge in [-0.1, -0.05) is 24.3 Å². The smallest absolute Gasteiger partial charge is 0.231 e. The Morgan fingerprint density at radius 3 is 2.67 bits per heavy atom. The molecule has 1 unspecified atom stereocenters. The highest BCUT2D eigenvalue weighted by Gasteiger charge is 2.27. The molecule has 0 saturated carbocycles. The van der Waals surface area contributed by atoms with Crippen LogP contribution in [0.5, 0.6) is 11.5 Å². The normalized spacial score (nSPS) is 19.8. The zero-order chi connectivity index (χ0) is 16.6. The number of hydrogen-bond donors (Lipinski definition) is 1. The number of rotatable bonds is 3. The summed E-state index contributed by atoms with van der Waals surface area (Å²) in [5.41, 5.74) is 1.79. The van der Waals surface area contributed by atoms with Crippen molar-refractivity contribution in [1.29, 1.82) is 4.78 Å². The molecule has 2 aromatic carbocycles. The molecule has 0 aliphatic carbocycles. The zero-order valence-corrected chi connectivity index (χ0v) is 14.0. The van der Waals surface area contributed by atoms with E-state index in [2.05, 4.69) is 0 Å². The van der Waals surface area contributed by atoms with Crippen molar-refractivity contribution in [3.05, 3.63) is 42.5 Å². The standard InChI is InChI=1S/C18H19NO4S/c19-24(20,14-7-9-21-10-8-14)15-4-1-3-13(11-15)16-5-2-6-17-18(16)23-12-22-17/h1-6,11,14,19H,7-10,12H2. The van der Waals surface area contributed by atoms with Crippen LogP contribution in [0.3, 0.4) is 0 Å². The number of benzene rings is 2. The molecule has 2 heterocycles. The molecular weight excluding hydrogens is 326 g/mol. The summed E-state index contributed by atoms with van der Waals surface area (Å²) in [6, 6.07) is 13.2. The molecule has 2 aliphatic heterocycles. The van der Waals surface area contributed by atoms with Crippen molar-refractivity contribution in [3.63, 3.8) is 0 Å².